The maximum absolute atomic E-state index is 12.2. The summed E-state index contributed by atoms with van der Waals surface area (Å²) in [4.78, 5) is 12.2. The van der Waals surface area contributed by atoms with E-state index in [9.17, 15) is 4.79 Å². The number of hydrogen-bond acceptors (Lipinski definition) is 4. The molecule has 1 N–H and O–H groups in total. The molecule has 23 heavy (non-hydrogen) atoms. The summed E-state index contributed by atoms with van der Waals surface area (Å²) in [5.74, 6) is 0.711. The van der Waals surface area contributed by atoms with Gasteiger partial charge >= 0.3 is 0 Å². The fraction of sp³-hybridized carbons (Fsp3) is 0.176. The van der Waals surface area contributed by atoms with Crippen LogP contribution in [0.4, 0.5) is 0 Å². The molecule has 2 aromatic carbocycles. The van der Waals surface area contributed by atoms with Gasteiger partial charge in [0, 0.05) is 10.6 Å². The number of carbonyl (C=O) groups is 1. The number of ether oxygens (including phenoxy) is 2. The normalized spacial score (nSPS) is 11.0. The smallest absolute Gasteiger partial charge is 0.271 e. The van der Waals surface area contributed by atoms with Gasteiger partial charge in [0.25, 0.3) is 5.91 Å². The molecule has 0 aliphatic heterocycles. The van der Waals surface area contributed by atoms with Gasteiger partial charge in [0.2, 0.25) is 0 Å². The Bertz CT molecular complexity index is 727. The van der Waals surface area contributed by atoms with Gasteiger partial charge in [-0.2, -0.15) is 5.10 Å². The van der Waals surface area contributed by atoms with Gasteiger partial charge in [-0.05, 0) is 42.8 Å². The van der Waals surface area contributed by atoms with E-state index in [1.807, 2.05) is 12.1 Å². The second-order valence-corrected chi connectivity index (χ2v) is 5.15. The Hall–Kier alpha value is -2.53. The average Bonchev–Trinajstić information content (AvgIpc) is 2.59. The Morgan fingerprint density at radius 3 is 2.22 bits per heavy atom. The van der Waals surface area contributed by atoms with Crippen LogP contribution < -0.4 is 14.9 Å². The summed E-state index contributed by atoms with van der Waals surface area (Å²) in [6.45, 7) is 1.80. The summed E-state index contributed by atoms with van der Waals surface area (Å²) in [5, 5.41) is 4.75. The minimum Gasteiger partial charge on any atom is -0.493 e. The maximum Gasteiger partial charge on any atom is 0.271 e. The van der Waals surface area contributed by atoms with Crippen molar-refractivity contribution in [3.05, 3.63) is 58.6 Å². The van der Waals surface area contributed by atoms with Crippen molar-refractivity contribution in [1.82, 2.24) is 5.43 Å². The van der Waals surface area contributed by atoms with E-state index in [1.165, 1.54) is 14.2 Å². The molecule has 5 nitrogen and oxygen atoms in total. The average molecular weight is 333 g/mol. The quantitative estimate of drug-likeness (QED) is 0.673. The minimum absolute atomic E-state index is 0.334. The van der Waals surface area contributed by atoms with Crippen LogP contribution in [-0.2, 0) is 0 Å². The van der Waals surface area contributed by atoms with E-state index in [4.69, 9.17) is 21.1 Å². The number of nitrogens with one attached hydrogen (secondary N) is 1. The van der Waals surface area contributed by atoms with Crippen molar-refractivity contribution in [3.8, 4) is 11.5 Å². The highest BCUT2D eigenvalue weighted by Crippen LogP contribution is 2.27. The number of amides is 1. The number of hydrazone groups is 1. The molecule has 6 heteroatoms. The van der Waals surface area contributed by atoms with Crippen molar-refractivity contribution >= 4 is 23.2 Å². The van der Waals surface area contributed by atoms with Gasteiger partial charge in [-0.25, -0.2) is 5.43 Å². The van der Waals surface area contributed by atoms with Gasteiger partial charge in [0.1, 0.15) is 0 Å². The maximum atomic E-state index is 12.2. The van der Waals surface area contributed by atoms with Crippen molar-refractivity contribution < 1.29 is 14.3 Å². The van der Waals surface area contributed by atoms with Crippen molar-refractivity contribution in [2.75, 3.05) is 14.2 Å². The van der Waals surface area contributed by atoms with E-state index in [0.29, 0.717) is 27.8 Å². The van der Waals surface area contributed by atoms with Gasteiger partial charge in [-0.15, -0.1) is 0 Å². The second kappa shape index (κ2) is 7.65. The van der Waals surface area contributed by atoms with E-state index in [1.54, 1.807) is 37.3 Å². The molecule has 0 bridgehead atoms. The molecule has 0 aromatic heterocycles. The molecule has 2 aromatic rings. The third-order valence-corrected chi connectivity index (χ3v) is 3.48. The molecular formula is C17H17ClN2O3. The van der Waals surface area contributed by atoms with Gasteiger partial charge in [-0.3, -0.25) is 4.79 Å². The summed E-state index contributed by atoms with van der Waals surface area (Å²) < 4.78 is 10.3. The minimum atomic E-state index is -0.334. The van der Waals surface area contributed by atoms with Crippen LogP contribution >= 0.6 is 11.6 Å². The van der Waals surface area contributed by atoms with Crippen LogP contribution in [0.25, 0.3) is 0 Å². The van der Waals surface area contributed by atoms with Crippen molar-refractivity contribution in [2.24, 2.45) is 5.10 Å². The van der Waals surface area contributed by atoms with Crippen LogP contribution in [0.3, 0.4) is 0 Å². The molecule has 0 radical (unpaired) electrons. The molecule has 0 saturated heterocycles. The highest BCUT2D eigenvalue weighted by atomic mass is 35.5. The lowest BCUT2D eigenvalue weighted by molar-refractivity contribution is 0.0954. The van der Waals surface area contributed by atoms with E-state index in [-0.39, 0.29) is 5.91 Å². The first kappa shape index (κ1) is 16.8. The zero-order chi connectivity index (χ0) is 16.8. The molecule has 0 spiro atoms. The van der Waals surface area contributed by atoms with Crippen LogP contribution in [0.15, 0.2) is 47.6 Å². The number of nitrogens with zero attached hydrogens (tertiary/aromatic N) is 1. The lowest BCUT2D eigenvalue weighted by Gasteiger charge is -2.09. The number of benzene rings is 2. The van der Waals surface area contributed by atoms with Crippen molar-refractivity contribution in [3.63, 3.8) is 0 Å². The Morgan fingerprint density at radius 2 is 1.61 bits per heavy atom. The molecule has 0 aliphatic carbocycles. The number of hydrogen-bond donors (Lipinski definition) is 1. The predicted molar refractivity (Wildman–Crippen MR) is 90.7 cm³/mol. The van der Waals surface area contributed by atoms with Crippen molar-refractivity contribution in [1.29, 1.82) is 0 Å². The van der Waals surface area contributed by atoms with Crippen LogP contribution in [0.1, 0.15) is 22.8 Å². The highest BCUT2D eigenvalue weighted by molar-refractivity contribution is 6.30. The first-order valence-corrected chi connectivity index (χ1v) is 7.25. The van der Waals surface area contributed by atoms with E-state index in [2.05, 4.69) is 10.5 Å². The molecule has 0 heterocycles. The lowest BCUT2D eigenvalue weighted by Crippen LogP contribution is -2.19. The van der Waals surface area contributed by atoms with Crippen LogP contribution in [0.5, 0.6) is 11.5 Å². The monoisotopic (exact) mass is 332 g/mol. The Labute approximate surface area is 139 Å². The number of carbonyl (C=O) groups excluding carboxylic acids is 1. The molecule has 120 valence electrons. The SMILES string of the molecule is COc1ccc(C(=O)N/N=C(\C)c2ccc(Cl)cc2)cc1OC. The van der Waals surface area contributed by atoms with Crippen LogP contribution in [0.2, 0.25) is 5.02 Å². The molecular weight excluding hydrogens is 316 g/mol. The van der Waals surface area contributed by atoms with E-state index >= 15 is 0 Å². The second-order valence-electron chi connectivity index (χ2n) is 4.71. The topological polar surface area (TPSA) is 59.9 Å². The van der Waals surface area contributed by atoms with Gasteiger partial charge in [-0.1, -0.05) is 23.7 Å². The number of methoxy groups -OCH3 is 2. The largest absolute Gasteiger partial charge is 0.493 e. The molecule has 1 amide bonds. The number of rotatable bonds is 5. The van der Waals surface area contributed by atoms with Crippen LogP contribution in [0, 0.1) is 0 Å². The summed E-state index contributed by atoms with van der Waals surface area (Å²) in [6, 6.07) is 12.1. The third kappa shape index (κ3) is 4.23. The fourth-order valence-electron chi connectivity index (χ4n) is 1.93. The van der Waals surface area contributed by atoms with Gasteiger partial charge < -0.3 is 9.47 Å². The number of halogens is 1. The van der Waals surface area contributed by atoms with Gasteiger partial charge in [0.05, 0.1) is 19.9 Å². The lowest BCUT2D eigenvalue weighted by atomic mass is 10.1. The summed E-state index contributed by atoms with van der Waals surface area (Å²) in [5.41, 5.74) is 4.50. The molecule has 0 unspecified atom stereocenters. The molecule has 0 aliphatic rings. The van der Waals surface area contributed by atoms with Crippen molar-refractivity contribution in [2.45, 2.75) is 6.92 Å². The predicted octanol–water partition coefficient (Wildman–Crippen LogP) is 3.51. The summed E-state index contributed by atoms with van der Waals surface area (Å²) in [6.07, 6.45) is 0. The third-order valence-electron chi connectivity index (χ3n) is 3.23. The van der Waals surface area contributed by atoms with Crippen LogP contribution in [-0.4, -0.2) is 25.8 Å². The first-order chi connectivity index (χ1) is 11.0. The molecule has 0 fully saturated rings. The first-order valence-electron chi connectivity index (χ1n) is 6.87. The zero-order valence-electron chi connectivity index (χ0n) is 13.1. The summed E-state index contributed by atoms with van der Waals surface area (Å²) >= 11 is 5.85. The fourth-order valence-corrected chi connectivity index (χ4v) is 2.06. The highest BCUT2D eigenvalue weighted by Gasteiger charge is 2.10. The Morgan fingerprint density at radius 1 is 1.00 bits per heavy atom. The molecule has 0 saturated carbocycles. The molecule has 2 rings (SSSR count). The van der Waals surface area contributed by atoms with Gasteiger partial charge in [0.15, 0.2) is 11.5 Å². The molecule has 0 atom stereocenters. The standard InChI is InChI=1S/C17H17ClN2O3/c1-11(12-4-7-14(18)8-5-12)19-20-17(21)13-6-9-15(22-2)16(10-13)23-3/h4-10H,1-3H3,(H,20,21)/b19-11+. The Kier molecular flexibility index (Phi) is 5.60. The van der Waals surface area contributed by atoms with E-state index in [0.717, 1.165) is 5.56 Å². The zero-order valence-corrected chi connectivity index (χ0v) is 13.8. The summed E-state index contributed by atoms with van der Waals surface area (Å²) in [7, 11) is 3.06. The van der Waals surface area contributed by atoms with E-state index < -0.39 is 0 Å². The Balaban J connectivity index is 2.12.